The van der Waals surface area contributed by atoms with Gasteiger partial charge in [0.2, 0.25) is 0 Å². The fourth-order valence-electron chi connectivity index (χ4n) is 10.1. The Balaban J connectivity index is 1.06. The third-order valence-electron chi connectivity index (χ3n) is 12.9. The first-order chi connectivity index (χ1) is 31.7. The molecule has 0 bridgehead atoms. The Morgan fingerprint density at radius 2 is 0.766 bits per heavy atom. The predicted octanol–water partition coefficient (Wildman–Crippen LogP) is 14.0. The van der Waals surface area contributed by atoms with Crippen molar-refractivity contribution in [3.05, 3.63) is 255 Å². The molecule has 302 valence electrons. The van der Waals surface area contributed by atoms with E-state index in [9.17, 15) is 0 Å². The third-order valence-corrected chi connectivity index (χ3v) is 18.9. The fraction of sp³-hybridized carbons (Fsp3) is 0. The second-order valence-corrected chi connectivity index (χ2v) is 21.3. The fourth-order valence-corrected chi connectivity index (χ4v) is 16.4. The van der Waals surface area contributed by atoms with Gasteiger partial charge in [-0.05, 0) is 128 Å². The summed E-state index contributed by atoms with van der Waals surface area (Å²) in [6.07, 6.45) is 0. The molecule has 0 aliphatic carbocycles. The molecule has 2 heterocycles. The maximum Gasteiger partial charge on any atom is 0.180 e. The van der Waals surface area contributed by atoms with Crippen LogP contribution in [0.25, 0.3) is 42.4 Å². The minimum Gasteiger partial charge on any atom is -0.310 e. The van der Waals surface area contributed by atoms with Gasteiger partial charge in [0.1, 0.15) is 0 Å². The van der Waals surface area contributed by atoms with Gasteiger partial charge >= 0.3 is 0 Å². The van der Waals surface area contributed by atoms with Crippen molar-refractivity contribution in [2.75, 3.05) is 9.80 Å². The number of rotatable bonds is 9. The van der Waals surface area contributed by atoms with Gasteiger partial charge in [0.15, 0.2) is 8.07 Å². The standard InChI is InChI=1S/C60H42N2SSi/c1-6-20-45(21-7-1)61(46-22-8-2-9-23-46)48-26-18-19-43(39-48)44-33-36-54-56-42-50(35-38-59(56)64(60(54)40-44,51-27-12-4-13-28-51)52-29-14-5-15-30-52)62(47-24-10-3-11-25-47)49-34-37-58-55(41-49)53-31-16-17-32-57(53)63-58/h1-42H. The van der Waals surface area contributed by atoms with Crippen LogP contribution in [0.3, 0.4) is 0 Å². The number of para-hydroxylation sites is 3. The minimum atomic E-state index is -2.83. The van der Waals surface area contributed by atoms with Gasteiger partial charge in [-0.15, -0.1) is 11.3 Å². The van der Waals surface area contributed by atoms with Gasteiger partial charge in [0, 0.05) is 54.3 Å². The Hall–Kier alpha value is -7.76. The van der Waals surface area contributed by atoms with E-state index >= 15 is 0 Å². The molecule has 12 rings (SSSR count). The van der Waals surface area contributed by atoms with E-state index in [2.05, 4.69) is 265 Å². The van der Waals surface area contributed by atoms with Crippen LogP contribution < -0.4 is 30.5 Å². The van der Waals surface area contributed by atoms with Gasteiger partial charge in [-0.25, -0.2) is 0 Å². The van der Waals surface area contributed by atoms with E-state index < -0.39 is 8.07 Å². The highest BCUT2D eigenvalue weighted by Crippen LogP contribution is 2.43. The van der Waals surface area contributed by atoms with Crippen molar-refractivity contribution < 1.29 is 0 Å². The minimum absolute atomic E-state index is 1.12. The van der Waals surface area contributed by atoms with E-state index in [1.807, 2.05) is 11.3 Å². The summed E-state index contributed by atoms with van der Waals surface area (Å²) in [4.78, 5) is 4.78. The van der Waals surface area contributed by atoms with Crippen molar-refractivity contribution in [3.63, 3.8) is 0 Å². The quantitative estimate of drug-likeness (QED) is 0.134. The SMILES string of the molecule is c1ccc(N(c2ccccc2)c2cccc(-c3ccc4c(c3)[Si](c3ccccc3)(c3ccccc3)c3ccc(N(c5ccccc5)c5ccc6sc7ccccc7c6c5)cc3-4)c2)cc1. The second kappa shape index (κ2) is 15.9. The number of anilines is 6. The first kappa shape index (κ1) is 38.0. The van der Waals surface area contributed by atoms with Crippen LogP contribution in [0.4, 0.5) is 34.1 Å². The molecular weight excluding hydrogens is 809 g/mol. The number of fused-ring (bicyclic) bond motifs is 6. The number of thiophene rings is 1. The zero-order valence-corrected chi connectivity index (χ0v) is 36.9. The van der Waals surface area contributed by atoms with E-state index in [4.69, 9.17) is 0 Å². The van der Waals surface area contributed by atoms with Crippen molar-refractivity contribution in [1.29, 1.82) is 0 Å². The van der Waals surface area contributed by atoms with E-state index in [1.54, 1.807) is 0 Å². The monoisotopic (exact) mass is 850 g/mol. The van der Waals surface area contributed by atoms with E-state index in [0.29, 0.717) is 0 Å². The molecule has 0 spiro atoms. The normalized spacial score (nSPS) is 12.5. The van der Waals surface area contributed by atoms with Crippen LogP contribution in [0, 0.1) is 0 Å². The van der Waals surface area contributed by atoms with Gasteiger partial charge in [-0.3, -0.25) is 0 Å². The summed E-state index contributed by atoms with van der Waals surface area (Å²) in [6, 6.07) is 94.1. The molecule has 0 unspecified atom stereocenters. The van der Waals surface area contributed by atoms with Crippen molar-refractivity contribution in [1.82, 2.24) is 0 Å². The van der Waals surface area contributed by atoms with E-state index in [1.165, 1.54) is 63.2 Å². The molecule has 0 saturated carbocycles. The Kier molecular flexibility index (Phi) is 9.40. The van der Waals surface area contributed by atoms with Crippen molar-refractivity contribution in [2.24, 2.45) is 0 Å². The molecule has 0 atom stereocenters. The first-order valence-electron chi connectivity index (χ1n) is 21.9. The summed E-state index contributed by atoms with van der Waals surface area (Å²) in [5.74, 6) is 0. The van der Waals surface area contributed by atoms with Gasteiger partial charge < -0.3 is 9.80 Å². The Bertz CT molecular complexity index is 3360. The third kappa shape index (κ3) is 6.30. The Morgan fingerprint density at radius 1 is 0.281 bits per heavy atom. The summed E-state index contributed by atoms with van der Waals surface area (Å²) in [7, 11) is -2.83. The maximum absolute atomic E-state index is 2.83. The second-order valence-electron chi connectivity index (χ2n) is 16.5. The lowest BCUT2D eigenvalue weighted by Gasteiger charge is -2.32. The molecule has 2 nitrogen and oxygen atoms in total. The number of benzene rings is 10. The van der Waals surface area contributed by atoms with Crippen LogP contribution in [0.1, 0.15) is 0 Å². The lowest BCUT2D eigenvalue weighted by atomic mass is 9.99. The summed E-state index contributed by atoms with van der Waals surface area (Å²) in [5, 5.41) is 8.19. The molecule has 1 aromatic heterocycles. The zero-order chi connectivity index (χ0) is 42.5. The van der Waals surface area contributed by atoms with Gasteiger partial charge in [0.05, 0.1) is 0 Å². The molecule has 0 saturated heterocycles. The van der Waals surface area contributed by atoms with Crippen molar-refractivity contribution >= 4 is 94.5 Å². The zero-order valence-electron chi connectivity index (χ0n) is 35.1. The molecule has 10 aromatic carbocycles. The summed E-state index contributed by atoms with van der Waals surface area (Å²) in [6.45, 7) is 0. The highest BCUT2D eigenvalue weighted by Gasteiger charge is 2.49. The molecule has 11 aromatic rings. The molecule has 0 radical (unpaired) electrons. The van der Waals surface area contributed by atoms with Crippen LogP contribution in [0.5, 0.6) is 0 Å². The van der Waals surface area contributed by atoms with Gasteiger partial charge in [-0.1, -0.05) is 170 Å². The predicted molar refractivity (Wildman–Crippen MR) is 277 cm³/mol. The lowest BCUT2D eigenvalue weighted by Crippen LogP contribution is -2.72. The number of nitrogens with zero attached hydrogens (tertiary/aromatic N) is 2. The van der Waals surface area contributed by atoms with Crippen LogP contribution in [0.2, 0.25) is 0 Å². The smallest absolute Gasteiger partial charge is 0.180 e. The molecule has 1 aliphatic heterocycles. The van der Waals surface area contributed by atoms with Gasteiger partial charge in [-0.2, -0.15) is 0 Å². The van der Waals surface area contributed by atoms with Crippen molar-refractivity contribution in [2.45, 2.75) is 0 Å². The number of hydrogen-bond acceptors (Lipinski definition) is 3. The van der Waals surface area contributed by atoms with E-state index in [0.717, 1.165) is 34.1 Å². The number of hydrogen-bond donors (Lipinski definition) is 0. The molecule has 64 heavy (non-hydrogen) atoms. The highest BCUT2D eigenvalue weighted by molar-refractivity contribution is 7.25. The molecule has 0 N–H and O–H groups in total. The molecule has 4 heteroatoms. The average Bonchev–Trinajstić information content (AvgIpc) is 3.89. The molecule has 0 amide bonds. The summed E-state index contributed by atoms with van der Waals surface area (Å²) in [5.41, 5.74) is 11.8. The highest BCUT2D eigenvalue weighted by atomic mass is 32.1. The molecule has 0 fully saturated rings. The largest absolute Gasteiger partial charge is 0.310 e. The molecule has 1 aliphatic rings. The van der Waals surface area contributed by atoms with E-state index in [-0.39, 0.29) is 0 Å². The topological polar surface area (TPSA) is 6.48 Å². The average molecular weight is 851 g/mol. The Morgan fingerprint density at radius 3 is 1.41 bits per heavy atom. The lowest BCUT2D eigenvalue weighted by molar-refractivity contribution is 1.28. The van der Waals surface area contributed by atoms with Gasteiger partial charge in [0.25, 0.3) is 0 Å². The summed E-state index contributed by atoms with van der Waals surface area (Å²) >= 11 is 1.86. The van der Waals surface area contributed by atoms with Crippen molar-refractivity contribution in [3.8, 4) is 22.3 Å². The van der Waals surface area contributed by atoms with Crippen LogP contribution >= 0.6 is 11.3 Å². The Labute approximate surface area is 379 Å². The maximum atomic E-state index is 2.53. The van der Waals surface area contributed by atoms with Crippen LogP contribution in [0.15, 0.2) is 255 Å². The summed E-state index contributed by atoms with van der Waals surface area (Å²) < 4.78 is 2.62. The van der Waals surface area contributed by atoms with Crippen LogP contribution in [-0.2, 0) is 0 Å². The van der Waals surface area contributed by atoms with Crippen LogP contribution in [-0.4, -0.2) is 8.07 Å². The molecular formula is C60H42N2SSi. The first-order valence-corrected chi connectivity index (χ1v) is 24.7.